The number of fused-ring (bicyclic) bond motifs is 1. The maximum absolute atomic E-state index is 12.5. The summed E-state index contributed by atoms with van der Waals surface area (Å²) in [7, 11) is 0. The van der Waals surface area contributed by atoms with Crippen LogP contribution in [0.25, 0.3) is 0 Å². The summed E-state index contributed by atoms with van der Waals surface area (Å²) in [5.74, 6) is 0.619. The molecule has 2 aliphatic rings. The van der Waals surface area contributed by atoms with Gasteiger partial charge in [-0.15, -0.1) is 0 Å². The number of hydrogen-bond acceptors (Lipinski definition) is 5. The van der Waals surface area contributed by atoms with E-state index in [4.69, 9.17) is 4.74 Å². The molecule has 0 saturated carbocycles. The fourth-order valence-corrected chi connectivity index (χ4v) is 4.58. The number of nitrogens with zero attached hydrogens (tertiary/aromatic N) is 2. The van der Waals surface area contributed by atoms with Crippen LogP contribution in [0.4, 0.5) is 0 Å². The topological polar surface area (TPSA) is 65.0 Å². The third-order valence-electron chi connectivity index (χ3n) is 6.50. The first-order valence-corrected chi connectivity index (χ1v) is 11.7. The van der Waals surface area contributed by atoms with Gasteiger partial charge in [0.2, 0.25) is 0 Å². The highest BCUT2D eigenvalue weighted by molar-refractivity contribution is 5.94. The van der Waals surface area contributed by atoms with Crippen LogP contribution < -0.4 is 10.1 Å². The second kappa shape index (κ2) is 10.5. The van der Waals surface area contributed by atoms with E-state index >= 15 is 0 Å². The van der Waals surface area contributed by atoms with Crippen molar-refractivity contribution in [2.75, 3.05) is 32.7 Å². The van der Waals surface area contributed by atoms with E-state index in [1.165, 1.54) is 11.1 Å². The summed E-state index contributed by atoms with van der Waals surface area (Å²) in [5, 5.41) is 13.3. The van der Waals surface area contributed by atoms with Gasteiger partial charge in [-0.1, -0.05) is 24.3 Å². The molecule has 6 heteroatoms. The predicted octanol–water partition coefficient (Wildman–Crippen LogP) is 2.70. The van der Waals surface area contributed by atoms with E-state index < -0.39 is 6.10 Å². The zero-order valence-corrected chi connectivity index (χ0v) is 19.2. The number of benzene rings is 2. The van der Waals surface area contributed by atoms with Crippen LogP contribution in [0.2, 0.25) is 0 Å². The molecular formula is C26H35N3O3. The lowest BCUT2D eigenvalue weighted by Gasteiger charge is -2.30. The molecule has 2 unspecified atom stereocenters. The lowest BCUT2D eigenvalue weighted by Crippen LogP contribution is -2.42. The third-order valence-corrected chi connectivity index (χ3v) is 6.50. The number of rotatable bonds is 8. The molecule has 2 aromatic carbocycles. The summed E-state index contributed by atoms with van der Waals surface area (Å²) in [6.07, 6.45) is 1.63. The third kappa shape index (κ3) is 5.88. The zero-order chi connectivity index (χ0) is 22.5. The number of aliphatic hydroxyl groups excluding tert-OH is 1. The van der Waals surface area contributed by atoms with Crippen LogP contribution >= 0.6 is 0 Å². The summed E-state index contributed by atoms with van der Waals surface area (Å²) in [4.78, 5) is 17.2. The van der Waals surface area contributed by atoms with Gasteiger partial charge < -0.3 is 15.2 Å². The summed E-state index contributed by atoms with van der Waals surface area (Å²) >= 11 is 0. The van der Waals surface area contributed by atoms with Crippen molar-refractivity contribution in [2.45, 2.75) is 51.5 Å². The van der Waals surface area contributed by atoms with Gasteiger partial charge in [0.1, 0.15) is 11.9 Å². The largest absolute Gasteiger partial charge is 0.489 e. The van der Waals surface area contributed by atoms with Crippen LogP contribution in [-0.2, 0) is 13.0 Å². The molecule has 172 valence electrons. The number of likely N-dealkylation sites (tertiary alicyclic amines) is 1. The minimum Gasteiger partial charge on any atom is -0.489 e. The fourth-order valence-electron chi connectivity index (χ4n) is 4.58. The number of aliphatic hydroxyl groups is 1. The number of amides is 1. The summed E-state index contributed by atoms with van der Waals surface area (Å²) < 4.78 is 6.08. The number of hydrogen-bond donors (Lipinski definition) is 2. The van der Waals surface area contributed by atoms with Crippen molar-refractivity contribution in [3.63, 3.8) is 0 Å². The molecule has 2 aromatic rings. The van der Waals surface area contributed by atoms with E-state index in [1.54, 1.807) is 12.1 Å². The number of β-amino-alcohol motifs (C(OH)–C–C–N with tert-alkyl or cyclic N) is 1. The van der Waals surface area contributed by atoms with Gasteiger partial charge in [0, 0.05) is 50.9 Å². The first kappa shape index (κ1) is 22.8. The molecule has 32 heavy (non-hydrogen) atoms. The molecule has 2 heterocycles. The highest BCUT2D eigenvalue weighted by Crippen LogP contribution is 2.21. The average molecular weight is 438 g/mol. The van der Waals surface area contributed by atoms with Crippen molar-refractivity contribution < 1.29 is 14.6 Å². The number of nitrogens with one attached hydrogen (secondary N) is 1. The van der Waals surface area contributed by atoms with Crippen LogP contribution in [0.5, 0.6) is 5.75 Å². The Morgan fingerprint density at radius 2 is 1.88 bits per heavy atom. The van der Waals surface area contributed by atoms with E-state index in [0.717, 1.165) is 44.8 Å². The summed E-state index contributed by atoms with van der Waals surface area (Å²) in [6.45, 7) is 8.99. The molecule has 2 atom stereocenters. The van der Waals surface area contributed by atoms with E-state index in [1.807, 2.05) is 12.1 Å². The Kier molecular flexibility index (Phi) is 7.45. The first-order chi connectivity index (χ1) is 15.5. The Hall–Kier alpha value is -2.41. The van der Waals surface area contributed by atoms with Crippen LogP contribution in [-0.4, -0.2) is 71.8 Å². The Bertz CT molecular complexity index is 899. The van der Waals surface area contributed by atoms with Crippen molar-refractivity contribution in [2.24, 2.45) is 0 Å². The molecule has 1 saturated heterocycles. The van der Waals surface area contributed by atoms with Crippen LogP contribution in [0, 0.1) is 0 Å². The molecule has 1 amide bonds. The first-order valence-electron chi connectivity index (χ1n) is 11.7. The second-order valence-corrected chi connectivity index (χ2v) is 9.26. The van der Waals surface area contributed by atoms with Crippen molar-refractivity contribution >= 4 is 5.91 Å². The Labute approximate surface area is 191 Å². The van der Waals surface area contributed by atoms with Crippen LogP contribution in [0.3, 0.4) is 0 Å². The molecule has 4 rings (SSSR count). The van der Waals surface area contributed by atoms with Gasteiger partial charge in [0.25, 0.3) is 5.91 Å². The molecule has 1 fully saturated rings. The molecule has 2 aliphatic heterocycles. The number of carbonyl (C=O) groups excluding carboxylic acids is 1. The van der Waals surface area contributed by atoms with Gasteiger partial charge >= 0.3 is 0 Å². The predicted molar refractivity (Wildman–Crippen MR) is 126 cm³/mol. The Morgan fingerprint density at radius 1 is 1.12 bits per heavy atom. The van der Waals surface area contributed by atoms with Crippen LogP contribution in [0.1, 0.15) is 41.8 Å². The lowest BCUT2D eigenvalue weighted by molar-refractivity contribution is 0.0842. The number of ether oxygens (including phenoxy) is 1. The molecule has 0 spiro atoms. The van der Waals surface area contributed by atoms with Gasteiger partial charge in [-0.05, 0) is 62.1 Å². The average Bonchev–Trinajstić information content (AvgIpc) is 3.27. The van der Waals surface area contributed by atoms with Gasteiger partial charge in [0.05, 0.1) is 6.10 Å². The van der Waals surface area contributed by atoms with Gasteiger partial charge in [-0.2, -0.15) is 0 Å². The fraction of sp³-hybridized carbons (Fsp3) is 0.500. The van der Waals surface area contributed by atoms with Gasteiger partial charge in [-0.3, -0.25) is 14.6 Å². The monoisotopic (exact) mass is 437 g/mol. The molecule has 0 bridgehead atoms. The highest BCUT2D eigenvalue weighted by atomic mass is 16.5. The molecular weight excluding hydrogens is 402 g/mol. The van der Waals surface area contributed by atoms with Crippen molar-refractivity contribution in [3.05, 3.63) is 65.2 Å². The van der Waals surface area contributed by atoms with Crippen molar-refractivity contribution in [3.8, 4) is 5.75 Å². The minimum atomic E-state index is -0.599. The van der Waals surface area contributed by atoms with E-state index in [2.05, 4.69) is 53.2 Å². The minimum absolute atomic E-state index is 0.175. The van der Waals surface area contributed by atoms with E-state index in [0.29, 0.717) is 18.2 Å². The van der Waals surface area contributed by atoms with Crippen LogP contribution in [0.15, 0.2) is 48.5 Å². The van der Waals surface area contributed by atoms with E-state index in [-0.39, 0.29) is 18.6 Å². The maximum Gasteiger partial charge on any atom is 0.251 e. The molecule has 0 aromatic heterocycles. The summed E-state index contributed by atoms with van der Waals surface area (Å²) in [5.41, 5.74) is 3.29. The normalized spacial score (nSPS) is 20.2. The lowest BCUT2D eigenvalue weighted by atomic mass is 10.00. The molecule has 0 aliphatic carbocycles. The molecule has 0 radical (unpaired) electrons. The van der Waals surface area contributed by atoms with E-state index in [9.17, 15) is 9.90 Å². The molecule has 6 nitrogen and oxygen atoms in total. The van der Waals surface area contributed by atoms with Gasteiger partial charge in [0.15, 0.2) is 0 Å². The molecule has 2 N–H and O–H groups in total. The Balaban J connectivity index is 1.20. The number of carbonyl (C=O) groups is 1. The maximum atomic E-state index is 12.5. The van der Waals surface area contributed by atoms with Gasteiger partial charge in [-0.25, -0.2) is 0 Å². The SMILES string of the molecule is CC(C)N1CCC(Oc2ccc(C(=O)NCC(O)CN3CCc4ccccc4C3)cc2)C1. The van der Waals surface area contributed by atoms with Crippen molar-refractivity contribution in [1.29, 1.82) is 0 Å². The summed E-state index contributed by atoms with van der Waals surface area (Å²) in [6, 6.07) is 16.3. The second-order valence-electron chi connectivity index (χ2n) is 9.26. The quantitative estimate of drug-likeness (QED) is 0.665. The zero-order valence-electron chi connectivity index (χ0n) is 19.2. The van der Waals surface area contributed by atoms with Crippen molar-refractivity contribution in [1.82, 2.24) is 15.1 Å². The highest BCUT2D eigenvalue weighted by Gasteiger charge is 2.25. The Morgan fingerprint density at radius 3 is 2.59 bits per heavy atom. The standard InChI is InChI=1S/C26H35N3O3/c1-19(2)29-14-12-25(18-29)32-24-9-7-21(8-10-24)26(31)27-15-23(30)17-28-13-11-20-5-3-4-6-22(20)16-28/h3-10,19,23,25,30H,11-18H2,1-2H3,(H,27,31). The smallest absolute Gasteiger partial charge is 0.251 e.